The van der Waals surface area contributed by atoms with Crippen LogP contribution in [0.3, 0.4) is 0 Å². The molecule has 23 heavy (non-hydrogen) atoms. The largest absolute Gasteiger partial charge is 0.467 e. The van der Waals surface area contributed by atoms with E-state index >= 15 is 0 Å². The summed E-state index contributed by atoms with van der Waals surface area (Å²) in [6.07, 6.45) is 6.83. The predicted octanol–water partition coefficient (Wildman–Crippen LogP) is 2.43. The van der Waals surface area contributed by atoms with Gasteiger partial charge in [-0.05, 0) is 50.4 Å². The Morgan fingerprint density at radius 1 is 1.39 bits per heavy atom. The highest BCUT2D eigenvalue weighted by molar-refractivity contribution is 5.81. The summed E-state index contributed by atoms with van der Waals surface area (Å²) in [5.41, 5.74) is 0. The fourth-order valence-electron chi connectivity index (χ4n) is 3.04. The molecule has 130 valence electrons. The van der Waals surface area contributed by atoms with Crippen molar-refractivity contribution in [1.82, 2.24) is 5.32 Å². The third-order valence-corrected chi connectivity index (χ3v) is 4.57. The van der Waals surface area contributed by atoms with Crippen LogP contribution in [0.1, 0.15) is 38.5 Å². The molecule has 2 rings (SSSR count). The van der Waals surface area contributed by atoms with E-state index in [0.29, 0.717) is 19.1 Å². The standard InChI is InChI=1S/C17H27NO5/c1-3-4-5-6-13-11-14(13)23-17(20)18-15(16(19)21-2)12-7-9-22-10-8-12/h3,12-15H,1,4-11H2,2H3,(H,18,20)/t13-,14?,15+/m1/s1. The van der Waals surface area contributed by atoms with Crippen LogP contribution in [0.5, 0.6) is 0 Å². The van der Waals surface area contributed by atoms with E-state index in [0.717, 1.165) is 38.5 Å². The summed E-state index contributed by atoms with van der Waals surface area (Å²) in [5.74, 6) is 0.0545. The van der Waals surface area contributed by atoms with Gasteiger partial charge in [-0.1, -0.05) is 6.08 Å². The van der Waals surface area contributed by atoms with Crippen LogP contribution in [-0.4, -0.2) is 44.5 Å². The molecule has 1 saturated carbocycles. The smallest absolute Gasteiger partial charge is 0.408 e. The van der Waals surface area contributed by atoms with Crippen LogP contribution >= 0.6 is 0 Å². The van der Waals surface area contributed by atoms with Gasteiger partial charge in [-0.15, -0.1) is 6.58 Å². The van der Waals surface area contributed by atoms with Crippen LogP contribution in [0, 0.1) is 11.8 Å². The number of alkyl carbamates (subject to hydrolysis) is 1. The highest BCUT2D eigenvalue weighted by Gasteiger charge is 2.41. The summed E-state index contributed by atoms with van der Waals surface area (Å²) < 4.78 is 15.5. The zero-order chi connectivity index (χ0) is 16.7. The zero-order valence-corrected chi connectivity index (χ0v) is 13.8. The number of amides is 1. The van der Waals surface area contributed by atoms with Crippen molar-refractivity contribution in [2.45, 2.75) is 50.7 Å². The van der Waals surface area contributed by atoms with Crippen LogP contribution < -0.4 is 5.32 Å². The van der Waals surface area contributed by atoms with Crippen molar-refractivity contribution < 1.29 is 23.8 Å². The van der Waals surface area contributed by atoms with E-state index in [1.54, 1.807) is 0 Å². The van der Waals surface area contributed by atoms with Crippen molar-refractivity contribution in [3.05, 3.63) is 12.7 Å². The number of methoxy groups -OCH3 is 1. The Balaban J connectivity index is 1.76. The van der Waals surface area contributed by atoms with E-state index in [2.05, 4.69) is 11.9 Å². The van der Waals surface area contributed by atoms with Gasteiger partial charge in [0.05, 0.1) is 7.11 Å². The SMILES string of the molecule is C=CCCC[C@@H]1CC1OC(=O)N[C@H](C(=O)OC)C1CCOCC1. The molecule has 6 heteroatoms. The molecule has 1 N–H and O–H groups in total. The van der Waals surface area contributed by atoms with Gasteiger partial charge in [-0.25, -0.2) is 9.59 Å². The van der Waals surface area contributed by atoms with E-state index in [1.807, 2.05) is 6.08 Å². The highest BCUT2D eigenvalue weighted by atomic mass is 16.6. The summed E-state index contributed by atoms with van der Waals surface area (Å²) in [7, 11) is 1.33. The molecule has 1 aliphatic carbocycles. The first-order valence-electron chi connectivity index (χ1n) is 8.39. The number of carbonyl (C=O) groups is 2. The number of hydrogen-bond acceptors (Lipinski definition) is 5. The summed E-state index contributed by atoms with van der Waals surface area (Å²) in [6.45, 7) is 4.90. The van der Waals surface area contributed by atoms with Crippen molar-refractivity contribution >= 4 is 12.1 Å². The van der Waals surface area contributed by atoms with Gasteiger partial charge < -0.3 is 19.5 Å². The molecule has 0 spiro atoms. The number of ether oxygens (including phenoxy) is 3. The minimum atomic E-state index is -0.658. The molecule has 1 saturated heterocycles. The van der Waals surface area contributed by atoms with Gasteiger partial charge in [0.2, 0.25) is 0 Å². The van der Waals surface area contributed by atoms with Gasteiger partial charge >= 0.3 is 12.1 Å². The van der Waals surface area contributed by atoms with Gasteiger partial charge in [0, 0.05) is 13.2 Å². The number of rotatable bonds is 8. The maximum Gasteiger partial charge on any atom is 0.408 e. The second-order valence-corrected chi connectivity index (χ2v) is 6.25. The maximum atomic E-state index is 12.1. The maximum absolute atomic E-state index is 12.1. The fourth-order valence-corrected chi connectivity index (χ4v) is 3.04. The fraction of sp³-hybridized carbons (Fsp3) is 0.765. The van der Waals surface area contributed by atoms with Crippen LogP contribution in [0.2, 0.25) is 0 Å². The molecule has 3 atom stereocenters. The predicted molar refractivity (Wildman–Crippen MR) is 84.9 cm³/mol. The molecule has 1 amide bonds. The van der Waals surface area contributed by atoms with Crippen LogP contribution in [0.4, 0.5) is 4.79 Å². The Kier molecular flexibility index (Phi) is 6.89. The molecule has 1 heterocycles. The Labute approximate surface area is 137 Å². The normalized spacial score (nSPS) is 25.3. The molecule has 1 unspecified atom stereocenters. The van der Waals surface area contributed by atoms with Crippen LogP contribution in [0.25, 0.3) is 0 Å². The van der Waals surface area contributed by atoms with Gasteiger partial charge in [0.1, 0.15) is 12.1 Å². The molecule has 2 aliphatic rings. The van der Waals surface area contributed by atoms with Crippen molar-refractivity contribution in [3.63, 3.8) is 0 Å². The Bertz CT molecular complexity index is 419. The Hall–Kier alpha value is -1.56. The zero-order valence-electron chi connectivity index (χ0n) is 13.8. The second kappa shape index (κ2) is 8.91. The summed E-state index contributed by atoms with van der Waals surface area (Å²) in [5, 5.41) is 2.69. The quantitative estimate of drug-likeness (QED) is 0.421. The third-order valence-electron chi connectivity index (χ3n) is 4.57. The number of unbranched alkanes of at least 4 members (excludes halogenated alkanes) is 1. The minimum Gasteiger partial charge on any atom is -0.467 e. The number of hydrogen-bond donors (Lipinski definition) is 1. The van der Waals surface area contributed by atoms with Crippen molar-refractivity contribution in [2.75, 3.05) is 20.3 Å². The summed E-state index contributed by atoms with van der Waals surface area (Å²) in [6, 6.07) is -0.658. The van der Waals surface area contributed by atoms with Gasteiger partial charge in [0.15, 0.2) is 0 Å². The first-order chi connectivity index (χ1) is 11.2. The lowest BCUT2D eigenvalue weighted by atomic mass is 9.92. The third kappa shape index (κ3) is 5.53. The molecule has 0 aromatic rings. The Morgan fingerprint density at radius 3 is 2.78 bits per heavy atom. The highest BCUT2D eigenvalue weighted by Crippen LogP contribution is 2.38. The number of allylic oxidation sites excluding steroid dienone is 1. The minimum absolute atomic E-state index is 0.0206. The van der Waals surface area contributed by atoms with E-state index in [-0.39, 0.29) is 12.0 Å². The van der Waals surface area contributed by atoms with Gasteiger partial charge in [-0.2, -0.15) is 0 Å². The van der Waals surface area contributed by atoms with Gasteiger partial charge in [-0.3, -0.25) is 0 Å². The number of carbonyl (C=O) groups excluding carboxylic acids is 2. The van der Waals surface area contributed by atoms with Crippen molar-refractivity contribution in [2.24, 2.45) is 11.8 Å². The Morgan fingerprint density at radius 2 is 2.13 bits per heavy atom. The molecule has 0 bridgehead atoms. The average Bonchev–Trinajstić information content (AvgIpc) is 3.30. The summed E-state index contributed by atoms with van der Waals surface area (Å²) in [4.78, 5) is 24.0. The molecular formula is C17H27NO5. The summed E-state index contributed by atoms with van der Waals surface area (Å²) >= 11 is 0. The number of nitrogens with one attached hydrogen (secondary N) is 1. The van der Waals surface area contributed by atoms with Crippen LogP contribution in [0.15, 0.2) is 12.7 Å². The molecule has 0 aromatic carbocycles. The lowest BCUT2D eigenvalue weighted by molar-refractivity contribution is -0.145. The van der Waals surface area contributed by atoms with E-state index in [1.165, 1.54) is 7.11 Å². The molecular weight excluding hydrogens is 298 g/mol. The monoisotopic (exact) mass is 325 g/mol. The van der Waals surface area contributed by atoms with Crippen LogP contribution in [-0.2, 0) is 19.0 Å². The molecule has 2 fully saturated rings. The second-order valence-electron chi connectivity index (χ2n) is 6.25. The molecule has 1 aliphatic heterocycles. The molecule has 6 nitrogen and oxygen atoms in total. The van der Waals surface area contributed by atoms with E-state index < -0.39 is 18.1 Å². The lowest BCUT2D eigenvalue weighted by Crippen LogP contribution is -2.48. The lowest BCUT2D eigenvalue weighted by Gasteiger charge is -2.28. The molecule has 0 aromatic heterocycles. The van der Waals surface area contributed by atoms with Crippen molar-refractivity contribution in [1.29, 1.82) is 0 Å². The van der Waals surface area contributed by atoms with Gasteiger partial charge in [0.25, 0.3) is 0 Å². The first-order valence-corrected chi connectivity index (χ1v) is 8.39. The topological polar surface area (TPSA) is 73.9 Å². The van der Waals surface area contributed by atoms with E-state index in [4.69, 9.17) is 14.2 Å². The first kappa shape index (κ1) is 17.8. The van der Waals surface area contributed by atoms with Crippen molar-refractivity contribution in [3.8, 4) is 0 Å². The number of esters is 1. The molecule has 0 radical (unpaired) electrons. The van der Waals surface area contributed by atoms with E-state index in [9.17, 15) is 9.59 Å². The average molecular weight is 325 g/mol.